The number of hydrogen-bond donors (Lipinski definition) is 3. The molecular formula is C75H120O3. The Hall–Kier alpha value is -3.72. The van der Waals surface area contributed by atoms with Crippen LogP contribution in [0.1, 0.15) is 337 Å². The Morgan fingerprint density at radius 1 is 0.231 bits per heavy atom. The van der Waals surface area contributed by atoms with E-state index < -0.39 is 0 Å². The fraction of sp³-hybridized carbons (Fsp3) is 0.680. The molecule has 0 aromatic heterocycles. The molecular weight excluding hydrogens is 949 g/mol. The summed E-state index contributed by atoms with van der Waals surface area (Å²) in [4.78, 5) is 0. The Balaban J connectivity index is 1.70. The van der Waals surface area contributed by atoms with E-state index in [2.05, 4.69) is 98.7 Å². The summed E-state index contributed by atoms with van der Waals surface area (Å²) in [5.74, 6) is 1.59. The van der Waals surface area contributed by atoms with Gasteiger partial charge in [-0.15, -0.1) is 0 Å². The van der Waals surface area contributed by atoms with Gasteiger partial charge < -0.3 is 15.3 Å². The van der Waals surface area contributed by atoms with Crippen LogP contribution in [0.5, 0.6) is 17.2 Å². The maximum absolute atomic E-state index is 11.8. The van der Waals surface area contributed by atoms with Crippen LogP contribution < -0.4 is 0 Å². The summed E-state index contributed by atoms with van der Waals surface area (Å²) >= 11 is 0. The van der Waals surface area contributed by atoms with E-state index in [0.29, 0.717) is 17.2 Å². The summed E-state index contributed by atoms with van der Waals surface area (Å²) in [6.07, 6.45) is 50.3. The molecule has 3 nitrogen and oxygen atoms in total. The largest absolute Gasteiger partial charge is 0.507 e. The Morgan fingerprint density at radius 2 is 0.410 bits per heavy atom. The topological polar surface area (TPSA) is 60.7 Å². The van der Waals surface area contributed by atoms with Gasteiger partial charge in [0.1, 0.15) is 17.2 Å². The molecule has 0 atom stereocenters. The lowest BCUT2D eigenvalue weighted by atomic mass is 9.80. The van der Waals surface area contributed by atoms with Crippen LogP contribution in [0.4, 0.5) is 0 Å². The Morgan fingerprint density at radius 3 is 0.603 bits per heavy atom. The molecule has 0 aliphatic carbocycles. The Bertz CT molecular complexity index is 1990. The highest BCUT2D eigenvalue weighted by molar-refractivity contribution is 5.57. The van der Waals surface area contributed by atoms with Gasteiger partial charge in [0.05, 0.1) is 0 Å². The van der Waals surface area contributed by atoms with Crippen molar-refractivity contribution in [3.05, 3.63) is 120 Å². The molecule has 0 aliphatic heterocycles. The first-order valence-electron chi connectivity index (χ1n) is 33.6. The van der Waals surface area contributed by atoms with Gasteiger partial charge in [0.15, 0.2) is 0 Å². The van der Waals surface area contributed by atoms with Gasteiger partial charge in [-0.25, -0.2) is 0 Å². The fourth-order valence-electron chi connectivity index (χ4n) is 13.0. The lowest BCUT2D eigenvalue weighted by Crippen LogP contribution is -2.11. The highest BCUT2D eigenvalue weighted by atomic mass is 16.3. The summed E-state index contributed by atoms with van der Waals surface area (Å²) in [7, 11) is 0. The first kappa shape index (κ1) is 66.8. The summed E-state index contributed by atoms with van der Waals surface area (Å²) in [5.41, 5.74) is 19.0. The predicted octanol–water partition coefficient (Wildman–Crippen LogP) is 22.7. The van der Waals surface area contributed by atoms with Crippen molar-refractivity contribution in [3.63, 3.8) is 0 Å². The molecule has 0 heterocycles. The van der Waals surface area contributed by atoms with Crippen molar-refractivity contribution in [2.24, 2.45) is 0 Å². The molecule has 438 valence electrons. The Kier molecular flexibility index (Phi) is 33.9. The zero-order chi connectivity index (χ0) is 56.3. The predicted molar refractivity (Wildman–Crippen MR) is 342 cm³/mol. The van der Waals surface area contributed by atoms with Gasteiger partial charge in [0, 0.05) is 0 Å². The molecule has 4 aromatic rings. The van der Waals surface area contributed by atoms with Crippen molar-refractivity contribution in [2.45, 2.75) is 332 Å². The molecule has 0 aliphatic rings. The number of phenols is 3. The van der Waals surface area contributed by atoms with Gasteiger partial charge in [-0.2, -0.15) is 0 Å². The van der Waals surface area contributed by atoms with Gasteiger partial charge in [-0.1, -0.05) is 271 Å². The summed E-state index contributed by atoms with van der Waals surface area (Å²) in [5, 5.41) is 35.3. The molecule has 0 amide bonds. The van der Waals surface area contributed by atoms with Gasteiger partial charge >= 0.3 is 0 Å². The molecule has 3 heteroatoms. The van der Waals surface area contributed by atoms with E-state index in [1.54, 1.807) is 0 Å². The van der Waals surface area contributed by atoms with E-state index in [4.69, 9.17) is 0 Å². The van der Waals surface area contributed by atoms with E-state index in [1.165, 1.54) is 223 Å². The molecule has 0 saturated heterocycles. The number of hydrogen-bond acceptors (Lipinski definition) is 3. The van der Waals surface area contributed by atoms with E-state index in [1.807, 2.05) is 0 Å². The third-order valence-electron chi connectivity index (χ3n) is 17.8. The number of benzene rings is 4. The minimum Gasteiger partial charge on any atom is -0.507 e. The summed E-state index contributed by atoms with van der Waals surface area (Å²) in [6.45, 7) is 20.7. The molecule has 3 N–H and O–H groups in total. The van der Waals surface area contributed by atoms with Crippen molar-refractivity contribution in [1.29, 1.82) is 0 Å². The molecule has 0 bridgehead atoms. The van der Waals surface area contributed by atoms with Crippen molar-refractivity contribution < 1.29 is 15.3 Å². The van der Waals surface area contributed by atoms with E-state index in [0.717, 1.165) is 130 Å². The van der Waals surface area contributed by atoms with Crippen LogP contribution in [0.2, 0.25) is 0 Å². The van der Waals surface area contributed by atoms with E-state index in [9.17, 15) is 15.3 Å². The van der Waals surface area contributed by atoms with Crippen LogP contribution in [0.15, 0.2) is 36.4 Å². The molecule has 4 aromatic carbocycles. The second-order valence-electron chi connectivity index (χ2n) is 24.7. The third kappa shape index (κ3) is 23.4. The van der Waals surface area contributed by atoms with Crippen LogP contribution in [-0.4, -0.2) is 15.3 Å². The lowest BCUT2D eigenvalue weighted by Gasteiger charge is -2.24. The van der Waals surface area contributed by atoms with Crippen molar-refractivity contribution in [3.8, 4) is 17.2 Å². The van der Waals surface area contributed by atoms with Crippen LogP contribution >= 0.6 is 0 Å². The highest BCUT2D eigenvalue weighted by Gasteiger charge is 2.22. The minimum atomic E-state index is 0.530. The molecule has 0 fully saturated rings. The van der Waals surface area contributed by atoms with Crippen LogP contribution in [0.3, 0.4) is 0 Å². The average molecular weight is 1070 g/mol. The minimum absolute atomic E-state index is 0.530. The molecule has 0 saturated carbocycles. The van der Waals surface area contributed by atoms with Crippen molar-refractivity contribution in [1.82, 2.24) is 0 Å². The molecule has 0 unspecified atom stereocenters. The van der Waals surface area contributed by atoms with Crippen LogP contribution in [0.25, 0.3) is 0 Å². The zero-order valence-corrected chi connectivity index (χ0v) is 52.5. The number of rotatable bonds is 45. The van der Waals surface area contributed by atoms with Gasteiger partial charge in [-0.05, 0) is 181 Å². The second kappa shape index (κ2) is 39.6. The first-order chi connectivity index (χ1) is 38.0. The second-order valence-corrected chi connectivity index (χ2v) is 24.7. The maximum atomic E-state index is 11.8. The third-order valence-corrected chi connectivity index (χ3v) is 17.8. The number of unbranched alkanes of at least 4 members (excludes halogenated alkanes) is 27. The van der Waals surface area contributed by atoms with Gasteiger partial charge in [0.2, 0.25) is 0 Å². The van der Waals surface area contributed by atoms with Gasteiger partial charge in [0.25, 0.3) is 0 Å². The lowest BCUT2D eigenvalue weighted by molar-refractivity contribution is 0.457. The monoisotopic (exact) mass is 1070 g/mol. The number of phenolic OH excluding ortho intramolecular Hbond substituents is 3. The standard InChI is InChI=1S/C75H120O3/c1-10-16-19-22-25-28-31-34-37-40-46-67-52-61(49-64(43-13-4)73(67)76)55-70-58(7)71(56-62-50-65(44-14-5)74(77)68(53-62)47-41-38-35-32-29-26-23-20-17-11-2)60(9)72(59(70)8)57-63-51-66(45-15-6)75(78)69(54-63)48-42-39-36-33-30-27-24-21-18-12-3/h49-54,76-78H,10-48,55-57H2,1-9H3. The maximum Gasteiger partial charge on any atom is 0.121 e. The number of aromatic hydroxyl groups is 3. The van der Waals surface area contributed by atoms with E-state index >= 15 is 0 Å². The van der Waals surface area contributed by atoms with Crippen molar-refractivity contribution >= 4 is 0 Å². The number of aryl methyl sites for hydroxylation is 6. The molecule has 0 spiro atoms. The normalized spacial score (nSPS) is 11.7. The molecule has 0 radical (unpaired) electrons. The molecule has 4 rings (SSSR count). The van der Waals surface area contributed by atoms with Crippen LogP contribution in [0, 0.1) is 20.8 Å². The summed E-state index contributed by atoms with van der Waals surface area (Å²) in [6, 6.07) is 14.0. The fourth-order valence-corrected chi connectivity index (χ4v) is 13.0. The average Bonchev–Trinajstić information content (AvgIpc) is 3.53. The molecule has 78 heavy (non-hydrogen) atoms. The van der Waals surface area contributed by atoms with E-state index in [-0.39, 0.29) is 0 Å². The highest BCUT2D eigenvalue weighted by Crippen LogP contribution is 2.38. The van der Waals surface area contributed by atoms with Crippen molar-refractivity contribution in [2.75, 3.05) is 0 Å². The zero-order valence-electron chi connectivity index (χ0n) is 52.5. The smallest absolute Gasteiger partial charge is 0.121 e. The van der Waals surface area contributed by atoms with Gasteiger partial charge in [-0.3, -0.25) is 0 Å². The summed E-state index contributed by atoms with van der Waals surface area (Å²) < 4.78 is 0. The van der Waals surface area contributed by atoms with Crippen LogP contribution in [-0.2, 0) is 57.8 Å². The first-order valence-corrected chi connectivity index (χ1v) is 33.6. The Labute approximate surface area is 482 Å². The quantitative estimate of drug-likeness (QED) is 0.0387. The SMILES string of the molecule is CCCCCCCCCCCCc1cc(Cc2c(C)c(Cc3cc(CCC)c(O)c(CCCCCCCCCCCC)c3)c(C)c(Cc3cc(CCC)c(O)c(CCCCCCCCCCCC)c3)c2C)cc(CCC)c1O.